The summed E-state index contributed by atoms with van der Waals surface area (Å²) in [5.74, 6) is -0.799. The molecule has 0 bridgehead atoms. The van der Waals surface area contributed by atoms with Crippen LogP contribution in [0, 0.1) is 0 Å². The molecule has 6 nitrogen and oxygen atoms in total. The van der Waals surface area contributed by atoms with Crippen LogP contribution in [0.25, 0.3) is 10.8 Å². The lowest BCUT2D eigenvalue weighted by Gasteiger charge is -2.29. The van der Waals surface area contributed by atoms with E-state index in [1.807, 2.05) is 30.3 Å². The summed E-state index contributed by atoms with van der Waals surface area (Å²) < 4.78 is 16.5. The van der Waals surface area contributed by atoms with Crippen molar-refractivity contribution < 1.29 is 28.9 Å². The highest BCUT2D eigenvalue weighted by Crippen LogP contribution is 2.42. The van der Waals surface area contributed by atoms with Crippen LogP contribution in [0.15, 0.2) is 48.5 Å². The largest absolute Gasteiger partial charge is 0.545 e. The van der Waals surface area contributed by atoms with Crippen LogP contribution in [0.4, 0.5) is 0 Å². The Labute approximate surface area is 161 Å². The molecule has 4 rings (SSSR count). The minimum atomic E-state index is -1.42. The number of ketones is 1. The van der Waals surface area contributed by atoms with E-state index in [4.69, 9.17) is 14.2 Å². The number of Topliss-reactive ketones (excluding diaryl/α,β-unsaturated/α-hetero) is 1. The van der Waals surface area contributed by atoms with Crippen LogP contribution in [-0.2, 0) is 0 Å². The Morgan fingerprint density at radius 2 is 1.86 bits per heavy atom. The second-order valence-electron chi connectivity index (χ2n) is 6.45. The summed E-state index contributed by atoms with van der Waals surface area (Å²) >= 11 is 0. The van der Waals surface area contributed by atoms with Gasteiger partial charge in [0, 0.05) is 5.56 Å². The number of hydrogen-bond donors (Lipinski definition) is 0. The Morgan fingerprint density at radius 1 is 1.07 bits per heavy atom. The van der Waals surface area contributed by atoms with Gasteiger partial charge in [-0.1, -0.05) is 36.4 Å². The lowest BCUT2D eigenvalue weighted by Crippen LogP contribution is -2.28. The van der Waals surface area contributed by atoms with Gasteiger partial charge in [0.2, 0.25) is 0 Å². The molecule has 3 aromatic rings. The van der Waals surface area contributed by atoms with Crippen LogP contribution < -0.4 is 19.3 Å². The van der Waals surface area contributed by atoms with E-state index in [9.17, 15) is 14.7 Å². The molecule has 0 amide bonds. The first-order valence-corrected chi connectivity index (χ1v) is 8.73. The number of aromatic carboxylic acids is 1. The van der Waals surface area contributed by atoms with E-state index in [0.29, 0.717) is 16.9 Å². The molecule has 1 aliphatic heterocycles. The quantitative estimate of drug-likeness (QED) is 0.695. The van der Waals surface area contributed by atoms with Crippen LogP contribution in [0.2, 0.25) is 0 Å². The van der Waals surface area contributed by atoms with E-state index in [1.165, 1.54) is 14.2 Å². The lowest BCUT2D eigenvalue weighted by atomic mass is 9.90. The van der Waals surface area contributed by atoms with E-state index in [1.54, 1.807) is 18.2 Å². The molecule has 0 radical (unpaired) electrons. The van der Waals surface area contributed by atoms with Gasteiger partial charge in [-0.2, -0.15) is 0 Å². The zero-order valence-electron chi connectivity index (χ0n) is 15.4. The number of carboxylic acid groups (broad SMARTS) is 1. The van der Waals surface area contributed by atoms with Crippen molar-refractivity contribution in [2.24, 2.45) is 0 Å². The van der Waals surface area contributed by atoms with Crippen molar-refractivity contribution in [1.29, 1.82) is 0 Å². The number of carbonyl (C=O) groups excluding carboxylic acids is 2. The fourth-order valence-corrected chi connectivity index (χ4v) is 3.70. The number of hydrogen-bond acceptors (Lipinski definition) is 6. The molecule has 28 heavy (non-hydrogen) atoms. The molecule has 0 saturated carbocycles. The Kier molecular flexibility index (Phi) is 4.39. The smallest absolute Gasteiger partial charge is 0.171 e. The molecule has 0 aliphatic carbocycles. The number of carbonyl (C=O) groups is 2. The highest BCUT2D eigenvalue weighted by Gasteiger charge is 2.32. The molecule has 0 unspecified atom stereocenters. The molecule has 0 fully saturated rings. The zero-order valence-corrected chi connectivity index (χ0v) is 15.4. The van der Waals surface area contributed by atoms with Crippen molar-refractivity contribution in [3.63, 3.8) is 0 Å². The summed E-state index contributed by atoms with van der Waals surface area (Å²) in [6, 6.07) is 14.3. The molecule has 1 aliphatic rings. The van der Waals surface area contributed by atoms with Gasteiger partial charge in [0.25, 0.3) is 0 Å². The maximum Gasteiger partial charge on any atom is 0.171 e. The second-order valence-corrected chi connectivity index (χ2v) is 6.45. The Bertz CT molecular complexity index is 1100. The van der Waals surface area contributed by atoms with Crippen molar-refractivity contribution in [3.05, 3.63) is 65.2 Å². The summed E-state index contributed by atoms with van der Waals surface area (Å²) in [5.41, 5.74) is 0.651. The van der Waals surface area contributed by atoms with E-state index in [2.05, 4.69) is 0 Å². The number of carboxylic acids is 1. The molecule has 0 N–H and O–H groups in total. The predicted molar refractivity (Wildman–Crippen MR) is 100 cm³/mol. The Morgan fingerprint density at radius 3 is 2.57 bits per heavy atom. The average molecular weight is 377 g/mol. The Hall–Kier alpha value is -3.54. The molecule has 6 heteroatoms. The van der Waals surface area contributed by atoms with Gasteiger partial charge in [0.1, 0.15) is 11.9 Å². The summed E-state index contributed by atoms with van der Waals surface area (Å²) in [7, 11) is 2.76. The first kappa shape index (κ1) is 17.9. The molecule has 1 heterocycles. The van der Waals surface area contributed by atoms with E-state index < -0.39 is 12.1 Å². The minimum absolute atomic E-state index is 0.0107. The molecule has 0 saturated heterocycles. The topological polar surface area (TPSA) is 84.9 Å². The molecule has 1 atom stereocenters. The first-order chi connectivity index (χ1) is 13.5. The minimum Gasteiger partial charge on any atom is -0.545 e. The van der Waals surface area contributed by atoms with Crippen LogP contribution in [-0.4, -0.2) is 26.0 Å². The van der Waals surface area contributed by atoms with Gasteiger partial charge < -0.3 is 24.1 Å². The number of ether oxygens (including phenoxy) is 3. The van der Waals surface area contributed by atoms with Crippen molar-refractivity contribution in [2.45, 2.75) is 12.5 Å². The maximum atomic E-state index is 12.9. The summed E-state index contributed by atoms with van der Waals surface area (Å²) in [6.07, 6.45) is -0.759. The third-order valence-corrected chi connectivity index (χ3v) is 4.94. The van der Waals surface area contributed by atoms with Gasteiger partial charge in [0.05, 0.1) is 37.7 Å². The predicted octanol–water partition coefficient (Wildman–Crippen LogP) is 2.93. The van der Waals surface area contributed by atoms with Gasteiger partial charge in [-0.15, -0.1) is 0 Å². The molecular weight excluding hydrogens is 360 g/mol. The highest BCUT2D eigenvalue weighted by atomic mass is 16.5. The number of rotatable bonds is 4. The number of benzene rings is 3. The van der Waals surface area contributed by atoms with Crippen LogP contribution in [0.3, 0.4) is 0 Å². The summed E-state index contributed by atoms with van der Waals surface area (Å²) in [6.45, 7) is 0. The number of methoxy groups -OCH3 is 2. The maximum absolute atomic E-state index is 12.9. The fourth-order valence-electron chi connectivity index (χ4n) is 3.70. The third-order valence-electron chi connectivity index (χ3n) is 4.94. The van der Waals surface area contributed by atoms with Gasteiger partial charge >= 0.3 is 0 Å². The van der Waals surface area contributed by atoms with E-state index in [0.717, 1.165) is 10.8 Å². The van der Waals surface area contributed by atoms with Gasteiger partial charge in [0.15, 0.2) is 17.3 Å². The van der Waals surface area contributed by atoms with Crippen LogP contribution in [0.5, 0.6) is 17.2 Å². The molecule has 0 aromatic heterocycles. The molecular formula is C22H17O6-. The zero-order chi connectivity index (χ0) is 19.8. The summed E-state index contributed by atoms with van der Waals surface area (Å²) in [4.78, 5) is 24.8. The van der Waals surface area contributed by atoms with Crippen LogP contribution >= 0.6 is 0 Å². The van der Waals surface area contributed by atoms with E-state index >= 15 is 0 Å². The molecule has 3 aromatic carbocycles. The van der Waals surface area contributed by atoms with Crippen molar-refractivity contribution in [1.82, 2.24) is 0 Å². The second kappa shape index (κ2) is 6.88. The number of fused-ring (bicyclic) bond motifs is 3. The fraction of sp³-hybridized carbons (Fsp3) is 0.182. The third kappa shape index (κ3) is 2.74. The Balaban J connectivity index is 1.84. The van der Waals surface area contributed by atoms with Gasteiger partial charge in [-0.05, 0) is 22.9 Å². The molecule has 142 valence electrons. The first-order valence-electron chi connectivity index (χ1n) is 8.73. The average Bonchev–Trinajstić information content (AvgIpc) is 2.71. The monoisotopic (exact) mass is 377 g/mol. The highest BCUT2D eigenvalue weighted by molar-refractivity contribution is 6.11. The van der Waals surface area contributed by atoms with Gasteiger partial charge in [-0.3, -0.25) is 4.79 Å². The van der Waals surface area contributed by atoms with E-state index in [-0.39, 0.29) is 29.3 Å². The summed E-state index contributed by atoms with van der Waals surface area (Å²) in [5, 5.41) is 13.6. The SMILES string of the molecule is COc1ccc([C@H]2CC(=O)c3c(ccc4ccccc34)O2)c(C(=O)[O-])c1OC. The molecule has 0 spiro atoms. The lowest BCUT2D eigenvalue weighted by molar-refractivity contribution is -0.255. The van der Waals surface area contributed by atoms with Crippen molar-refractivity contribution >= 4 is 22.5 Å². The van der Waals surface area contributed by atoms with Crippen molar-refractivity contribution in [2.75, 3.05) is 14.2 Å². The normalized spacial score (nSPS) is 15.6. The van der Waals surface area contributed by atoms with Crippen molar-refractivity contribution in [3.8, 4) is 17.2 Å². The van der Waals surface area contributed by atoms with Gasteiger partial charge in [-0.25, -0.2) is 0 Å². The standard InChI is InChI=1S/C22H18O6/c1-26-17-10-8-14(20(22(24)25)21(17)27-2)18-11-15(23)19-13-6-4-3-5-12(13)7-9-16(19)28-18/h3-10,18H,11H2,1-2H3,(H,24,25)/p-1/t18-/m1/s1. The van der Waals surface area contributed by atoms with Crippen LogP contribution in [0.1, 0.15) is 38.8 Å².